The van der Waals surface area contributed by atoms with E-state index in [9.17, 15) is 14.4 Å². The molecule has 2 atom stereocenters. The van der Waals surface area contributed by atoms with Gasteiger partial charge < -0.3 is 20.5 Å². The van der Waals surface area contributed by atoms with E-state index in [0.717, 1.165) is 0 Å². The molecule has 7 nitrogen and oxygen atoms in total. The summed E-state index contributed by atoms with van der Waals surface area (Å²) in [6.07, 6.45) is 0.651. The van der Waals surface area contributed by atoms with Gasteiger partial charge in [0, 0.05) is 13.0 Å². The normalized spacial score (nSPS) is 13.4. The van der Waals surface area contributed by atoms with Crippen molar-refractivity contribution in [1.29, 1.82) is 0 Å². The number of carbonyl (C=O) groups excluding carboxylic acids is 2. The molecular formula is C13H24N2O5. The Bertz CT molecular complexity index is 344. The summed E-state index contributed by atoms with van der Waals surface area (Å²) in [6.45, 7) is 5.70. The lowest BCUT2D eigenvalue weighted by Crippen LogP contribution is -2.49. The van der Waals surface area contributed by atoms with Gasteiger partial charge >= 0.3 is 18.0 Å². The van der Waals surface area contributed by atoms with Crippen molar-refractivity contribution in [3.8, 4) is 0 Å². The predicted molar refractivity (Wildman–Crippen MR) is 73.2 cm³/mol. The molecule has 0 saturated heterocycles. The number of methoxy groups -OCH3 is 1. The number of hydrogen-bond acceptors (Lipinski definition) is 4. The lowest BCUT2D eigenvalue weighted by molar-refractivity contribution is -0.144. The lowest BCUT2D eigenvalue weighted by atomic mass is 10.0. The van der Waals surface area contributed by atoms with Crippen LogP contribution in [0.3, 0.4) is 0 Å². The Morgan fingerprint density at radius 2 is 1.85 bits per heavy atom. The summed E-state index contributed by atoms with van der Waals surface area (Å²) in [6, 6.07) is -1.22. The van der Waals surface area contributed by atoms with Crippen molar-refractivity contribution in [1.82, 2.24) is 10.6 Å². The number of carboxylic acid groups (broad SMARTS) is 1. The Morgan fingerprint density at radius 3 is 2.25 bits per heavy atom. The standard InChI is InChI=1S/C13H24N2O5/c1-5-9(6-10(16)17)7-14-13(19)15-11(8(2)3)12(18)20-4/h8-9,11H,5-7H2,1-4H3,(H,16,17)(H2,14,15,19). The van der Waals surface area contributed by atoms with Crippen LogP contribution in [-0.2, 0) is 14.3 Å². The van der Waals surface area contributed by atoms with Gasteiger partial charge in [-0.2, -0.15) is 0 Å². The van der Waals surface area contributed by atoms with Crippen molar-refractivity contribution in [2.75, 3.05) is 13.7 Å². The van der Waals surface area contributed by atoms with E-state index in [1.165, 1.54) is 7.11 Å². The molecular weight excluding hydrogens is 264 g/mol. The van der Waals surface area contributed by atoms with E-state index in [1.54, 1.807) is 13.8 Å². The Morgan fingerprint density at radius 1 is 1.25 bits per heavy atom. The molecule has 0 aliphatic carbocycles. The molecule has 0 rings (SSSR count). The second kappa shape index (κ2) is 9.17. The summed E-state index contributed by atoms with van der Waals surface area (Å²) >= 11 is 0. The molecule has 3 N–H and O–H groups in total. The third kappa shape index (κ3) is 6.96. The monoisotopic (exact) mass is 288 g/mol. The van der Waals surface area contributed by atoms with Crippen LogP contribution in [0.1, 0.15) is 33.6 Å². The Kier molecular flexibility index (Phi) is 8.35. The van der Waals surface area contributed by atoms with Crippen molar-refractivity contribution in [2.24, 2.45) is 11.8 Å². The van der Waals surface area contributed by atoms with Gasteiger partial charge in [0.1, 0.15) is 6.04 Å². The van der Waals surface area contributed by atoms with Crippen LogP contribution in [0.2, 0.25) is 0 Å². The minimum atomic E-state index is -0.895. The number of aliphatic carboxylic acids is 1. The fourth-order valence-electron chi connectivity index (χ4n) is 1.66. The molecule has 0 bridgehead atoms. The van der Waals surface area contributed by atoms with E-state index in [1.807, 2.05) is 6.92 Å². The highest BCUT2D eigenvalue weighted by Crippen LogP contribution is 2.07. The number of rotatable bonds is 8. The minimum Gasteiger partial charge on any atom is -0.481 e. The lowest BCUT2D eigenvalue weighted by Gasteiger charge is -2.21. The van der Waals surface area contributed by atoms with Gasteiger partial charge in [0.2, 0.25) is 0 Å². The summed E-state index contributed by atoms with van der Waals surface area (Å²) < 4.78 is 4.61. The second-order valence-electron chi connectivity index (χ2n) is 4.97. The van der Waals surface area contributed by atoms with Crippen LogP contribution < -0.4 is 10.6 Å². The topological polar surface area (TPSA) is 105 Å². The number of urea groups is 1. The van der Waals surface area contributed by atoms with Crippen molar-refractivity contribution >= 4 is 18.0 Å². The van der Waals surface area contributed by atoms with E-state index in [2.05, 4.69) is 15.4 Å². The maximum absolute atomic E-state index is 11.7. The summed E-state index contributed by atoms with van der Waals surface area (Å²) in [5, 5.41) is 13.8. The van der Waals surface area contributed by atoms with Crippen LogP contribution >= 0.6 is 0 Å². The van der Waals surface area contributed by atoms with Crippen molar-refractivity contribution in [2.45, 2.75) is 39.7 Å². The van der Waals surface area contributed by atoms with Gasteiger partial charge in [-0.25, -0.2) is 9.59 Å². The van der Waals surface area contributed by atoms with E-state index in [0.29, 0.717) is 6.42 Å². The van der Waals surface area contributed by atoms with Crippen LogP contribution in [-0.4, -0.2) is 42.8 Å². The molecule has 0 aliphatic rings. The van der Waals surface area contributed by atoms with Crippen LogP contribution in [0.5, 0.6) is 0 Å². The fourth-order valence-corrected chi connectivity index (χ4v) is 1.66. The average molecular weight is 288 g/mol. The molecule has 0 aliphatic heterocycles. The van der Waals surface area contributed by atoms with Gasteiger partial charge in [0.25, 0.3) is 0 Å². The van der Waals surface area contributed by atoms with Gasteiger partial charge in [-0.1, -0.05) is 27.2 Å². The van der Waals surface area contributed by atoms with E-state index in [4.69, 9.17) is 5.11 Å². The summed E-state index contributed by atoms with van der Waals surface area (Å²) in [5.74, 6) is -1.63. The quantitative estimate of drug-likeness (QED) is 0.578. The van der Waals surface area contributed by atoms with Gasteiger partial charge in [-0.3, -0.25) is 4.79 Å². The number of ether oxygens (including phenoxy) is 1. The molecule has 0 fully saturated rings. The first kappa shape index (κ1) is 18.2. The first-order valence-electron chi connectivity index (χ1n) is 6.65. The molecule has 0 aromatic heterocycles. The molecule has 0 aromatic carbocycles. The third-order valence-electron chi connectivity index (χ3n) is 3.00. The molecule has 2 amide bonds. The zero-order valence-electron chi connectivity index (χ0n) is 12.4. The zero-order valence-corrected chi connectivity index (χ0v) is 12.4. The Balaban J connectivity index is 4.32. The number of esters is 1. The van der Waals surface area contributed by atoms with E-state index < -0.39 is 24.0 Å². The zero-order chi connectivity index (χ0) is 15.7. The average Bonchev–Trinajstić information content (AvgIpc) is 2.39. The number of carboxylic acids is 1. The molecule has 20 heavy (non-hydrogen) atoms. The molecule has 0 radical (unpaired) electrons. The summed E-state index contributed by atoms with van der Waals surface area (Å²) in [7, 11) is 1.26. The largest absolute Gasteiger partial charge is 0.481 e. The van der Waals surface area contributed by atoms with Crippen molar-refractivity contribution in [3.63, 3.8) is 0 Å². The van der Waals surface area contributed by atoms with Gasteiger partial charge in [-0.15, -0.1) is 0 Å². The highest BCUT2D eigenvalue weighted by atomic mass is 16.5. The molecule has 7 heteroatoms. The minimum absolute atomic E-state index is 0.00138. The number of carbonyl (C=O) groups is 3. The highest BCUT2D eigenvalue weighted by molar-refractivity contribution is 5.83. The van der Waals surface area contributed by atoms with Crippen LogP contribution in [0.25, 0.3) is 0 Å². The molecule has 2 unspecified atom stereocenters. The molecule has 116 valence electrons. The maximum Gasteiger partial charge on any atom is 0.328 e. The van der Waals surface area contributed by atoms with Gasteiger partial charge in [-0.05, 0) is 11.8 Å². The highest BCUT2D eigenvalue weighted by Gasteiger charge is 2.25. The molecule has 0 heterocycles. The number of hydrogen-bond donors (Lipinski definition) is 3. The second-order valence-corrected chi connectivity index (χ2v) is 4.97. The SMILES string of the molecule is CCC(CNC(=O)NC(C(=O)OC)C(C)C)CC(=O)O. The number of nitrogens with one attached hydrogen (secondary N) is 2. The Labute approximate surface area is 119 Å². The first-order valence-corrected chi connectivity index (χ1v) is 6.65. The van der Waals surface area contributed by atoms with E-state index in [-0.39, 0.29) is 24.8 Å². The molecule has 0 saturated carbocycles. The maximum atomic E-state index is 11.7. The molecule has 0 spiro atoms. The third-order valence-corrected chi connectivity index (χ3v) is 3.00. The van der Waals surface area contributed by atoms with E-state index >= 15 is 0 Å². The van der Waals surface area contributed by atoms with Crippen molar-refractivity contribution in [3.05, 3.63) is 0 Å². The fraction of sp³-hybridized carbons (Fsp3) is 0.769. The summed E-state index contributed by atoms with van der Waals surface area (Å²) in [5.41, 5.74) is 0. The van der Waals surface area contributed by atoms with Gasteiger partial charge in [0.15, 0.2) is 0 Å². The first-order chi connectivity index (χ1) is 9.31. The van der Waals surface area contributed by atoms with Crippen LogP contribution in [0.4, 0.5) is 4.79 Å². The smallest absolute Gasteiger partial charge is 0.328 e. The Hall–Kier alpha value is -1.79. The van der Waals surface area contributed by atoms with Crippen LogP contribution in [0, 0.1) is 11.8 Å². The molecule has 0 aromatic rings. The predicted octanol–water partition coefficient (Wildman–Crippen LogP) is 0.984. The summed E-state index contributed by atoms with van der Waals surface area (Å²) in [4.78, 5) is 33.8. The van der Waals surface area contributed by atoms with Crippen LogP contribution in [0.15, 0.2) is 0 Å². The van der Waals surface area contributed by atoms with Gasteiger partial charge in [0.05, 0.1) is 7.11 Å². The van der Waals surface area contributed by atoms with Crippen molar-refractivity contribution < 1.29 is 24.2 Å². The number of amides is 2.